The fourth-order valence-electron chi connectivity index (χ4n) is 1.73. The third-order valence-electron chi connectivity index (χ3n) is 2.55. The van der Waals surface area contributed by atoms with E-state index in [0.29, 0.717) is 6.54 Å². The first kappa shape index (κ1) is 12.0. The Balaban J connectivity index is 2.28. The van der Waals surface area contributed by atoms with Crippen molar-refractivity contribution in [2.75, 3.05) is 13.1 Å². The minimum Gasteiger partial charge on any atom is -0.315 e. The zero-order valence-corrected chi connectivity index (χ0v) is 9.87. The first-order valence-corrected chi connectivity index (χ1v) is 6.70. The number of nitrogens with zero attached hydrogens (tertiary/aromatic N) is 2. The van der Waals surface area contributed by atoms with Crippen molar-refractivity contribution in [1.29, 1.82) is 5.26 Å². The maximum atomic E-state index is 12.0. The van der Waals surface area contributed by atoms with E-state index >= 15 is 0 Å². The van der Waals surface area contributed by atoms with Gasteiger partial charge in [0, 0.05) is 18.8 Å². The summed E-state index contributed by atoms with van der Waals surface area (Å²) in [5.74, 6) is 0. The monoisotopic (exact) mass is 252 g/mol. The number of hydrogen-bond acceptors (Lipinski definition) is 5. The molecule has 90 valence electrons. The zero-order valence-electron chi connectivity index (χ0n) is 9.05. The van der Waals surface area contributed by atoms with Gasteiger partial charge in [0.05, 0.1) is 0 Å². The third-order valence-corrected chi connectivity index (χ3v) is 4.10. The number of aromatic nitrogens is 1. The maximum absolute atomic E-state index is 12.0. The van der Waals surface area contributed by atoms with E-state index in [-0.39, 0.29) is 16.6 Å². The Morgan fingerprint density at radius 1 is 1.59 bits per heavy atom. The Morgan fingerprint density at radius 3 is 3.06 bits per heavy atom. The van der Waals surface area contributed by atoms with Gasteiger partial charge in [-0.3, -0.25) is 0 Å². The molecule has 0 amide bonds. The van der Waals surface area contributed by atoms with E-state index in [9.17, 15) is 8.42 Å². The van der Waals surface area contributed by atoms with Crippen LogP contribution in [0.4, 0.5) is 0 Å². The summed E-state index contributed by atoms with van der Waals surface area (Å²) in [6.45, 7) is 1.41. The van der Waals surface area contributed by atoms with E-state index in [4.69, 9.17) is 5.26 Å². The third kappa shape index (κ3) is 2.61. The standard InChI is InChI=1S/C10H12N4O2S/c11-6-9-10(2-1-4-13-9)17(15,16)14-8-3-5-12-7-8/h1-2,4,8,12,14H,3,5,7H2/t8-/m1/s1. The van der Waals surface area contributed by atoms with Crippen molar-refractivity contribution < 1.29 is 8.42 Å². The smallest absolute Gasteiger partial charge is 0.243 e. The van der Waals surface area contributed by atoms with E-state index in [1.54, 1.807) is 6.07 Å². The minimum atomic E-state index is -3.66. The Kier molecular flexibility index (Phi) is 3.38. The van der Waals surface area contributed by atoms with Gasteiger partial charge in [0.15, 0.2) is 5.69 Å². The lowest BCUT2D eigenvalue weighted by atomic mass is 10.3. The summed E-state index contributed by atoms with van der Waals surface area (Å²) in [6.07, 6.45) is 2.15. The van der Waals surface area contributed by atoms with Crippen LogP contribution in [0.15, 0.2) is 23.2 Å². The summed E-state index contributed by atoms with van der Waals surface area (Å²) in [7, 11) is -3.66. The van der Waals surface area contributed by atoms with Gasteiger partial charge in [-0.2, -0.15) is 5.26 Å². The van der Waals surface area contributed by atoms with Gasteiger partial charge in [-0.25, -0.2) is 18.1 Å². The zero-order chi connectivity index (χ0) is 12.3. The van der Waals surface area contributed by atoms with E-state index in [1.807, 2.05) is 0 Å². The van der Waals surface area contributed by atoms with Crippen LogP contribution in [0.5, 0.6) is 0 Å². The Morgan fingerprint density at radius 2 is 2.41 bits per heavy atom. The molecular weight excluding hydrogens is 240 g/mol. The lowest BCUT2D eigenvalue weighted by Gasteiger charge is -2.12. The summed E-state index contributed by atoms with van der Waals surface area (Å²) in [6, 6.07) is 4.55. The van der Waals surface area contributed by atoms with Crippen molar-refractivity contribution in [3.63, 3.8) is 0 Å². The van der Waals surface area contributed by atoms with Crippen molar-refractivity contribution in [1.82, 2.24) is 15.0 Å². The van der Waals surface area contributed by atoms with Gasteiger partial charge in [-0.15, -0.1) is 0 Å². The predicted molar refractivity (Wildman–Crippen MR) is 60.5 cm³/mol. The molecule has 0 saturated carbocycles. The second-order valence-electron chi connectivity index (χ2n) is 3.77. The molecule has 6 nitrogen and oxygen atoms in total. The molecule has 1 fully saturated rings. The Hall–Kier alpha value is -1.49. The molecule has 0 aromatic carbocycles. The number of pyridine rings is 1. The van der Waals surface area contributed by atoms with Gasteiger partial charge in [0.2, 0.25) is 10.0 Å². The molecule has 2 rings (SSSR count). The molecule has 2 heterocycles. The molecule has 1 aromatic heterocycles. The van der Waals surface area contributed by atoms with Crippen molar-refractivity contribution >= 4 is 10.0 Å². The van der Waals surface area contributed by atoms with Crippen LogP contribution in [0.1, 0.15) is 12.1 Å². The maximum Gasteiger partial charge on any atom is 0.243 e. The highest BCUT2D eigenvalue weighted by atomic mass is 32.2. The molecule has 0 radical (unpaired) electrons. The summed E-state index contributed by atoms with van der Waals surface area (Å²) < 4.78 is 26.6. The van der Waals surface area contributed by atoms with Crippen molar-refractivity contribution in [2.45, 2.75) is 17.4 Å². The lowest BCUT2D eigenvalue weighted by molar-refractivity contribution is 0.559. The quantitative estimate of drug-likeness (QED) is 0.762. The van der Waals surface area contributed by atoms with Crippen LogP contribution in [0.2, 0.25) is 0 Å². The molecule has 7 heteroatoms. The van der Waals surface area contributed by atoms with Gasteiger partial charge in [0.1, 0.15) is 11.0 Å². The lowest BCUT2D eigenvalue weighted by Crippen LogP contribution is -2.36. The highest BCUT2D eigenvalue weighted by Crippen LogP contribution is 2.13. The molecule has 1 aromatic rings. The van der Waals surface area contributed by atoms with E-state index in [1.165, 1.54) is 18.3 Å². The second kappa shape index (κ2) is 4.79. The minimum absolute atomic E-state index is 0.0607. The molecule has 2 N–H and O–H groups in total. The van der Waals surface area contributed by atoms with E-state index in [2.05, 4.69) is 15.0 Å². The number of nitrogens with one attached hydrogen (secondary N) is 2. The van der Waals surface area contributed by atoms with E-state index < -0.39 is 10.0 Å². The van der Waals surface area contributed by atoms with Crippen molar-refractivity contribution in [3.8, 4) is 6.07 Å². The highest BCUT2D eigenvalue weighted by molar-refractivity contribution is 7.89. The van der Waals surface area contributed by atoms with Gasteiger partial charge in [0.25, 0.3) is 0 Å². The molecule has 0 spiro atoms. The molecule has 1 atom stereocenters. The van der Waals surface area contributed by atoms with Gasteiger partial charge >= 0.3 is 0 Å². The van der Waals surface area contributed by atoms with Crippen LogP contribution < -0.4 is 10.0 Å². The molecular formula is C10H12N4O2S. The number of nitriles is 1. The van der Waals surface area contributed by atoms with Gasteiger partial charge in [-0.1, -0.05) is 0 Å². The average Bonchev–Trinajstić information content (AvgIpc) is 2.81. The Labute approximate surface area is 99.7 Å². The van der Waals surface area contributed by atoms with Crippen LogP contribution in [0.3, 0.4) is 0 Å². The number of rotatable bonds is 3. The summed E-state index contributed by atoms with van der Waals surface area (Å²) in [5.41, 5.74) is -0.0778. The molecule has 1 saturated heterocycles. The molecule has 1 aliphatic rings. The normalized spacial score (nSPS) is 20.1. The SMILES string of the molecule is N#Cc1ncccc1S(=O)(=O)N[C@@H]1CCNC1. The summed E-state index contributed by atoms with van der Waals surface area (Å²) in [5, 5.41) is 11.9. The predicted octanol–water partition coefficient (Wildman–Crippen LogP) is -0.407. The number of sulfonamides is 1. The van der Waals surface area contributed by atoms with Crippen molar-refractivity contribution in [2.24, 2.45) is 0 Å². The van der Waals surface area contributed by atoms with Crippen LogP contribution in [0.25, 0.3) is 0 Å². The first-order valence-electron chi connectivity index (χ1n) is 5.21. The average molecular weight is 252 g/mol. The topological polar surface area (TPSA) is 94.9 Å². The largest absolute Gasteiger partial charge is 0.315 e. The summed E-state index contributed by atoms with van der Waals surface area (Å²) >= 11 is 0. The molecule has 1 aliphatic heterocycles. The second-order valence-corrected chi connectivity index (χ2v) is 5.46. The molecule has 0 bridgehead atoms. The van der Waals surface area contributed by atoms with Crippen LogP contribution >= 0.6 is 0 Å². The molecule has 0 aliphatic carbocycles. The number of hydrogen-bond donors (Lipinski definition) is 2. The highest BCUT2D eigenvalue weighted by Gasteiger charge is 2.25. The molecule has 17 heavy (non-hydrogen) atoms. The molecule has 0 unspecified atom stereocenters. The van der Waals surface area contributed by atoms with Crippen LogP contribution in [-0.4, -0.2) is 32.5 Å². The fourth-order valence-corrected chi connectivity index (χ4v) is 3.11. The Bertz CT molecular complexity index is 544. The first-order chi connectivity index (χ1) is 8.13. The van der Waals surface area contributed by atoms with Crippen LogP contribution in [-0.2, 0) is 10.0 Å². The van der Waals surface area contributed by atoms with Crippen LogP contribution in [0, 0.1) is 11.3 Å². The van der Waals surface area contributed by atoms with Crippen molar-refractivity contribution in [3.05, 3.63) is 24.0 Å². The van der Waals surface area contributed by atoms with Gasteiger partial charge in [-0.05, 0) is 25.1 Å². The summed E-state index contributed by atoms with van der Waals surface area (Å²) in [4.78, 5) is 3.68. The fraction of sp³-hybridized carbons (Fsp3) is 0.400. The van der Waals surface area contributed by atoms with Gasteiger partial charge < -0.3 is 5.32 Å². The van der Waals surface area contributed by atoms with E-state index in [0.717, 1.165) is 13.0 Å².